The van der Waals surface area contributed by atoms with E-state index in [4.69, 9.17) is 4.42 Å². The Hall–Kier alpha value is -1.13. The Morgan fingerprint density at radius 1 is 1.57 bits per heavy atom. The smallest absolute Gasteiger partial charge is 0.199 e. The second-order valence-corrected chi connectivity index (χ2v) is 4.04. The third-order valence-electron chi connectivity index (χ3n) is 1.86. The van der Waals surface area contributed by atoms with Gasteiger partial charge in [0, 0.05) is 4.88 Å². The first-order valence-corrected chi connectivity index (χ1v) is 5.37. The Kier molecular flexibility index (Phi) is 2.96. The summed E-state index contributed by atoms with van der Waals surface area (Å²) in [5.41, 5.74) is 0. The molecule has 0 spiro atoms. The molecule has 1 N–H and O–H groups in total. The SMILES string of the molecule is CNCc1cnc(Cc2cccs2)o1. The molecule has 2 rings (SSSR count). The van der Waals surface area contributed by atoms with E-state index in [1.54, 1.807) is 17.5 Å². The molecule has 0 aliphatic heterocycles. The largest absolute Gasteiger partial charge is 0.444 e. The summed E-state index contributed by atoms with van der Waals surface area (Å²) >= 11 is 1.72. The zero-order chi connectivity index (χ0) is 9.80. The van der Waals surface area contributed by atoms with Crippen LogP contribution in [0.3, 0.4) is 0 Å². The van der Waals surface area contributed by atoms with E-state index in [9.17, 15) is 0 Å². The van der Waals surface area contributed by atoms with Crippen molar-refractivity contribution in [1.29, 1.82) is 0 Å². The van der Waals surface area contributed by atoms with E-state index in [0.717, 1.165) is 24.6 Å². The Morgan fingerprint density at radius 2 is 2.50 bits per heavy atom. The predicted molar refractivity (Wildman–Crippen MR) is 56.4 cm³/mol. The van der Waals surface area contributed by atoms with E-state index >= 15 is 0 Å². The molecule has 0 atom stereocenters. The lowest BCUT2D eigenvalue weighted by atomic mass is 10.3. The third-order valence-corrected chi connectivity index (χ3v) is 2.73. The number of rotatable bonds is 4. The highest BCUT2D eigenvalue weighted by Crippen LogP contribution is 2.14. The summed E-state index contributed by atoms with van der Waals surface area (Å²) in [7, 11) is 1.89. The molecule has 2 aromatic rings. The molecular formula is C10H12N2OS. The number of nitrogens with zero attached hydrogens (tertiary/aromatic N) is 1. The second kappa shape index (κ2) is 4.39. The number of hydrogen-bond acceptors (Lipinski definition) is 4. The minimum Gasteiger partial charge on any atom is -0.444 e. The normalized spacial score (nSPS) is 10.6. The van der Waals surface area contributed by atoms with Gasteiger partial charge < -0.3 is 9.73 Å². The monoisotopic (exact) mass is 208 g/mol. The van der Waals surface area contributed by atoms with Crippen LogP contribution in [0.4, 0.5) is 0 Å². The van der Waals surface area contributed by atoms with E-state index < -0.39 is 0 Å². The summed E-state index contributed by atoms with van der Waals surface area (Å²) in [5.74, 6) is 1.68. The maximum atomic E-state index is 5.53. The van der Waals surface area contributed by atoms with Gasteiger partial charge in [0.1, 0.15) is 5.76 Å². The van der Waals surface area contributed by atoms with Crippen LogP contribution in [0.5, 0.6) is 0 Å². The lowest BCUT2D eigenvalue weighted by Gasteiger charge is -1.92. The first-order chi connectivity index (χ1) is 6.88. The molecule has 74 valence electrons. The molecule has 0 saturated carbocycles. The molecule has 0 unspecified atom stereocenters. The molecule has 0 radical (unpaired) electrons. The van der Waals surface area contributed by atoms with Crippen LogP contribution in [0.1, 0.15) is 16.5 Å². The molecule has 3 nitrogen and oxygen atoms in total. The average molecular weight is 208 g/mol. The van der Waals surface area contributed by atoms with Gasteiger partial charge >= 0.3 is 0 Å². The fraction of sp³-hybridized carbons (Fsp3) is 0.300. The molecule has 0 amide bonds. The minimum atomic E-state index is 0.734. The first-order valence-electron chi connectivity index (χ1n) is 4.49. The van der Waals surface area contributed by atoms with Crippen molar-refractivity contribution in [1.82, 2.24) is 10.3 Å². The highest BCUT2D eigenvalue weighted by molar-refractivity contribution is 7.09. The topological polar surface area (TPSA) is 38.1 Å². The third kappa shape index (κ3) is 2.21. The van der Waals surface area contributed by atoms with Crippen LogP contribution < -0.4 is 5.32 Å². The predicted octanol–water partition coefficient (Wildman–Crippen LogP) is 2.05. The second-order valence-electron chi connectivity index (χ2n) is 3.01. The molecular weight excluding hydrogens is 196 g/mol. The Morgan fingerprint density at radius 3 is 3.21 bits per heavy atom. The van der Waals surface area contributed by atoms with Crippen molar-refractivity contribution in [3.8, 4) is 0 Å². The minimum absolute atomic E-state index is 0.734. The van der Waals surface area contributed by atoms with Crippen LogP contribution in [0, 0.1) is 0 Å². The summed E-state index contributed by atoms with van der Waals surface area (Å²) in [5, 5.41) is 5.09. The van der Waals surface area contributed by atoms with Gasteiger partial charge in [0.15, 0.2) is 5.89 Å². The first kappa shape index (κ1) is 9.43. The summed E-state index contributed by atoms with van der Waals surface area (Å²) < 4.78 is 5.53. The molecule has 2 heterocycles. The summed E-state index contributed by atoms with van der Waals surface area (Å²) in [6, 6.07) is 4.13. The Bertz CT molecular complexity index is 380. The van der Waals surface area contributed by atoms with E-state index in [2.05, 4.69) is 21.7 Å². The van der Waals surface area contributed by atoms with Crippen molar-refractivity contribution >= 4 is 11.3 Å². The van der Waals surface area contributed by atoms with Gasteiger partial charge in [-0.05, 0) is 18.5 Å². The zero-order valence-electron chi connectivity index (χ0n) is 7.99. The van der Waals surface area contributed by atoms with Gasteiger partial charge in [-0.25, -0.2) is 4.98 Å². The lowest BCUT2D eigenvalue weighted by molar-refractivity contribution is 0.454. The van der Waals surface area contributed by atoms with E-state index in [1.165, 1.54) is 4.88 Å². The molecule has 0 fully saturated rings. The van der Waals surface area contributed by atoms with Gasteiger partial charge in [0.05, 0.1) is 19.2 Å². The molecule has 0 aliphatic carbocycles. The quantitative estimate of drug-likeness (QED) is 0.835. The molecule has 4 heteroatoms. The van der Waals surface area contributed by atoms with Gasteiger partial charge in [-0.15, -0.1) is 11.3 Å². The van der Waals surface area contributed by atoms with Crippen LogP contribution >= 0.6 is 11.3 Å². The van der Waals surface area contributed by atoms with Crippen LogP contribution in [-0.2, 0) is 13.0 Å². The number of hydrogen-bond donors (Lipinski definition) is 1. The van der Waals surface area contributed by atoms with Crippen LogP contribution in [0.25, 0.3) is 0 Å². The fourth-order valence-corrected chi connectivity index (χ4v) is 1.94. The standard InChI is InChI=1S/C10H12N2OS/c1-11-6-8-7-12-10(13-8)5-9-3-2-4-14-9/h2-4,7,11H,5-6H2,1H3. The molecule has 2 aromatic heterocycles. The molecule has 0 aliphatic rings. The summed E-state index contributed by atoms with van der Waals surface area (Å²) in [6.07, 6.45) is 2.57. The average Bonchev–Trinajstić information content (AvgIpc) is 2.79. The number of nitrogens with one attached hydrogen (secondary N) is 1. The van der Waals surface area contributed by atoms with Gasteiger partial charge in [0.25, 0.3) is 0 Å². The van der Waals surface area contributed by atoms with E-state index in [1.807, 2.05) is 13.1 Å². The Balaban J connectivity index is 2.03. The van der Waals surface area contributed by atoms with E-state index in [0.29, 0.717) is 0 Å². The highest BCUT2D eigenvalue weighted by Gasteiger charge is 2.04. The summed E-state index contributed by atoms with van der Waals surface area (Å²) in [6.45, 7) is 0.734. The molecule has 14 heavy (non-hydrogen) atoms. The number of oxazole rings is 1. The molecule has 0 aromatic carbocycles. The summed E-state index contributed by atoms with van der Waals surface area (Å²) in [4.78, 5) is 5.49. The van der Waals surface area contributed by atoms with Gasteiger partial charge in [-0.3, -0.25) is 0 Å². The van der Waals surface area contributed by atoms with Crippen molar-refractivity contribution in [2.45, 2.75) is 13.0 Å². The van der Waals surface area contributed by atoms with Gasteiger partial charge in [-0.1, -0.05) is 6.07 Å². The maximum Gasteiger partial charge on any atom is 0.199 e. The van der Waals surface area contributed by atoms with Crippen molar-refractivity contribution in [2.24, 2.45) is 0 Å². The van der Waals surface area contributed by atoms with Gasteiger partial charge in [-0.2, -0.15) is 0 Å². The van der Waals surface area contributed by atoms with E-state index in [-0.39, 0.29) is 0 Å². The number of thiophene rings is 1. The highest BCUT2D eigenvalue weighted by atomic mass is 32.1. The number of aromatic nitrogens is 1. The zero-order valence-corrected chi connectivity index (χ0v) is 8.80. The van der Waals surface area contributed by atoms with Crippen molar-refractivity contribution in [2.75, 3.05) is 7.05 Å². The maximum absolute atomic E-state index is 5.53. The molecule has 0 saturated heterocycles. The van der Waals surface area contributed by atoms with Crippen molar-refractivity contribution in [3.05, 3.63) is 40.2 Å². The van der Waals surface area contributed by atoms with Crippen LogP contribution in [0.15, 0.2) is 28.1 Å². The van der Waals surface area contributed by atoms with Crippen LogP contribution in [0.2, 0.25) is 0 Å². The lowest BCUT2D eigenvalue weighted by Crippen LogP contribution is -2.03. The van der Waals surface area contributed by atoms with Gasteiger partial charge in [0.2, 0.25) is 0 Å². The van der Waals surface area contributed by atoms with Crippen molar-refractivity contribution in [3.63, 3.8) is 0 Å². The van der Waals surface area contributed by atoms with Crippen molar-refractivity contribution < 1.29 is 4.42 Å². The Labute approximate surface area is 86.8 Å². The fourth-order valence-electron chi connectivity index (χ4n) is 1.25. The van der Waals surface area contributed by atoms with Crippen LogP contribution in [-0.4, -0.2) is 12.0 Å². The molecule has 0 bridgehead atoms.